The van der Waals surface area contributed by atoms with Crippen LogP contribution in [0.15, 0.2) is 58.4 Å². The summed E-state index contributed by atoms with van der Waals surface area (Å²) in [5.74, 6) is -3.25. The predicted octanol–water partition coefficient (Wildman–Crippen LogP) is 3.65. The zero-order valence-electron chi connectivity index (χ0n) is 23.2. The molecule has 14 heteroatoms. The first-order valence-corrected chi connectivity index (χ1v) is 15.2. The minimum Gasteiger partial charge on any atom is -0.378 e. The van der Waals surface area contributed by atoms with Crippen molar-refractivity contribution in [2.75, 3.05) is 50.2 Å². The Morgan fingerprint density at radius 1 is 1.02 bits per heavy atom. The third-order valence-corrected chi connectivity index (χ3v) is 10.5. The van der Waals surface area contributed by atoms with Gasteiger partial charge in [0.15, 0.2) is 0 Å². The van der Waals surface area contributed by atoms with E-state index in [0.717, 1.165) is 51.9 Å². The van der Waals surface area contributed by atoms with Crippen LogP contribution in [0.2, 0.25) is 0 Å². The van der Waals surface area contributed by atoms with Crippen molar-refractivity contribution in [3.05, 3.63) is 74.2 Å². The number of halogens is 3. The normalized spacial score (nSPS) is 22.0. The Morgan fingerprint density at radius 2 is 1.72 bits per heavy atom. The molecule has 226 valence electrons. The number of carbonyl (C=O) groups is 3. The molecule has 4 heterocycles. The number of anilines is 2. The molecule has 2 fully saturated rings. The Bertz CT molecular complexity index is 1650. The number of morpholine rings is 1. The fourth-order valence-corrected chi connectivity index (χ4v) is 8.49. The van der Waals surface area contributed by atoms with E-state index in [1.54, 1.807) is 4.90 Å². The maximum atomic E-state index is 14.0. The highest BCUT2D eigenvalue weighted by molar-refractivity contribution is 8.00. The van der Waals surface area contributed by atoms with Gasteiger partial charge in [-0.3, -0.25) is 23.7 Å². The lowest BCUT2D eigenvalue weighted by atomic mass is 9.83. The molecule has 0 N–H and O–H groups in total. The highest BCUT2D eigenvalue weighted by Crippen LogP contribution is 2.54. The van der Waals surface area contributed by atoms with Gasteiger partial charge in [-0.25, -0.2) is 4.90 Å². The number of thioether (sulfide) groups is 1. The van der Waals surface area contributed by atoms with Gasteiger partial charge in [-0.1, -0.05) is 41.3 Å². The number of imide groups is 1. The maximum Gasteiger partial charge on any atom is 0.416 e. The van der Waals surface area contributed by atoms with Crippen molar-refractivity contribution in [1.82, 2.24) is 9.47 Å². The Balaban J connectivity index is 1.43. The summed E-state index contributed by atoms with van der Waals surface area (Å²) in [6, 6.07) is 11.5. The van der Waals surface area contributed by atoms with Gasteiger partial charge in [-0.2, -0.15) is 13.2 Å². The average Bonchev–Trinajstić information content (AvgIpc) is 3.43. The van der Waals surface area contributed by atoms with Crippen LogP contribution < -0.4 is 14.7 Å². The number of carbonyl (C=O) groups excluding carboxylic acids is 3. The predicted molar refractivity (Wildman–Crippen MR) is 156 cm³/mol. The van der Waals surface area contributed by atoms with Gasteiger partial charge in [0, 0.05) is 43.7 Å². The van der Waals surface area contributed by atoms with Gasteiger partial charge in [0.2, 0.25) is 17.7 Å². The Labute approximate surface area is 252 Å². The number of benzene rings is 2. The molecule has 3 aliphatic heterocycles. The van der Waals surface area contributed by atoms with Crippen LogP contribution in [0.25, 0.3) is 0 Å². The van der Waals surface area contributed by atoms with E-state index in [1.807, 2.05) is 43.3 Å². The highest BCUT2D eigenvalue weighted by Gasteiger charge is 2.57. The number of amides is 3. The molecule has 3 amide bonds. The molecular formula is C29H27F3N4O5S2. The summed E-state index contributed by atoms with van der Waals surface area (Å²) in [4.78, 5) is 58.8. The molecule has 1 aromatic heterocycles. The molecule has 0 aliphatic carbocycles. The third kappa shape index (κ3) is 5.25. The number of hydrogen-bond donors (Lipinski definition) is 0. The number of fused-ring (bicyclic) bond motifs is 2. The molecule has 3 aliphatic rings. The van der Waals surface area contributed by atoms with Crippen molar-refractivity contribution >= 4 is 52.2 Å². The lowest BCUT2D eigenvalue weighted by molar-refractivity contribution is -0.138. The molecule has 3 aromatic rings. The van der Waals surface area contributed by atoms with Gasteiger partial charge in [0.25, 0.3) is 0 Å². The smallest absolute Gasteiger partial charge is 0.378 e. The number of hydrogen-bond acceptors (Lipinski definition) is 8. The van der Waals surface area contributed by atoms with Crippen molar-refractivity contribution in [2.45, 2.75) is 28.9 Å². The lowest BCUT2D eigenvalue weighted by Gasteiger charge is -2.31. The number of alkyl halides is 3. The van der Waals surface area contributed by atoms with Crippen molar-refractivity contribution in [3.63, 3.8) is 0 Å². The monoisotopic (exact) mass is 632 g/mol. The number of thiazole rings is 1. The molecule has 0 bridgehead atoms. The number of ether oxygens (including phenoxy) is 1. The fraction of sp³-hybridized carbons (Fsp3) is 0.379. The summed E-state index contributed by atoms with van der Waals surface area (Å²) in [5, 5.41) is -0.585. The van der Waals surface area contributed by atoms with Gasteiger partial charge in [0.1, 0.15) is 11.8 Å². The van der Waals surface area contributed by atoms with Crippen LogP contribution in [-0.2, 0) is 31.8 Å². The molecule has 2 aromatic carbocycles. The van der Waals surface area contributed by atoms with Crippen LogP contribution >= 0.6 is 23.1 Å². The molecule has 2 saturated heterocycles. The van der Waals surface area contributed by atoms with E-state index < -0.39 is 40.6 Å². The summed E-state index contributed by atoms with van der Waals surface area (Å²) in [7, 11) is 3.76. The van der Waals surface area contributed by atoms with E-state index in [1.165, 1.54) is 10.6 Å². The van der Waals surface area contributed by atoms with E-state index in [0.29, 0.717) is 41.8 Å². The summed E-state index contributed by atoms with van der Waals surface area (Å²) in [5.41, 5.74) is 0.442. The Morgan fingerprint density at radius 3 is 2.37 bits per heavy atom. The van der Waals surface area contributed by atoms with Crippen molar-refractivity contribution in [1.29, 1.82) is 0 Å². The molecule has 0 spiro atoms. The van der Waals surface area contributed by atoms with Gasteiger partial charge in [-0.05, 0) is 35.9 Å². The topological polar surface area (TPSA) is 92.2 Å². The van der Waals surface area contributed by atoms with Crippen LogP contribution in [0.5, 0.6) is 0 Å². The summed E-state index contributed by atoms with van der Waals surface area (Å²) in [6.45, 7) is 1.36. The number of nitrogens with zero attached hydrogens (tertiary/aromatic N) is 4. The van der Waals surface area contributed by atoms with Crippen molar-refractivity contribution in [2.24, 2.45) is 5.92 Å². The summed E-state index contributed by atoms with van der Waals surface area (Å²) >= 11 is 1.95. The van der Waals surface area contributed by atoms with Crippen molar-refractivity contribution < 1.29 is 32.3 Å². The second kappa shape index (κ2) is 11.1. The van der Waals surface area contributed by atoms with Crippen molar-refractivity contribution in [3.8, 4) is 0 Å². The minimum atomic E-state index is -4.66. The summed E-state index contributed by atoms with van der Waals surface area (Å²) < 4.78 is 47.2. The molecule has 0 radical (unpaired) electrons. The van der Waals surface area contributed by atoms with Gasteiger partial charge in [0.05, 0.1) is 35.4 Å². The first-order chi connectivity index (χ1) is 20.5. The number of aromatic nitrogens is 1. The highest BCUT2D eigenvalue weighted by atomic mass is 32.2. The van der Waals surface area contributed by atoms with Gasteiger partial charge < -0.3 is 14.5 Å². The Kier molecular flexibility index (Phi) is 7.63. The number of rotatable bonds is 5. The van der Waals surface area contributed by atoms with Crippen LogP contribution in [0.4, 0.5) is 24.5 Å². The van der Waals surface area contributed by atoms with Crippen LogP contribution in [-0.4, -0.2) is 72.8 Å². The van der Waals surface area contributed by atoms with E-state index in [2.05, 4.69) is 0 Å². The zero-order valence-corrected chi connectivity index (χ0v) is 24.8. The molecule has 3 atom stereocenters. The first kappa shape index (κ1) is 29.5. The molecule has 6 rings (SSSR count). The fourth-order valence-electron chi connectivity index (χ4n) is 5.72. The Hall–Kier alpha value is -3.62. The lowest BCUT2D eigenvalue weighted by Crippen LogP contribution is -2.43. The largest absolute Gasteiger partial charge is 0.416 e. The minimum absolute atomic E-state index is 0.162. The summed E-state index contributed by atoms with van der Waals surface area (Å²) in [6.07, 6.45) is -4.66. The van der Waals surface area contributed by atoms with E-state index in [-0.39, 0.29) is 23.0 Å². The SMILES string of the molecule is CN(C)c1ccc([C@@H]2c3sc(=O)n(CC(=O)N4CCOCC4)c3S[C@H]3C(=O)N(c4cccc(C(F)(F)F)c4)C(=O)[C@@H]23)cc1. The average molecular weight is 633 g/mol. The van der Waals surface area contributed by atoms with Crippen LogP contribution in [0, 0.1) is 5.92 Å². The second-order valence-electron chi connectivity index (χ2n) is 10.7. The quantitative estimate of drug-likeness (QED) is 0.397. The standard InChI is InChI=1S/C29H27F3N4O5S2/c1-33(2)18-8-6-16(7-9-18)21-22-23(26(39)36(25(22)38)19-5-3-4-17(14-19)29(30,31)32)42-27-24(21)43-28(40)35(27)15-20(37)34-10-12-41-13-11-34/h3-9,14,21-23H,10-13,15H2,1-2H3/t21-,22-,23+/m0/s1. The molecular weight excluding hydrogens is 605 g/mol. The zero-order chi connectivity index (χ0) is 30.6. The maximum absolute atomic E-state index is 14.0. The van der Waals surface area contributed by atoms with E-state index >= 15 is 0 Å². The molecule has 0 unspecified atom stereocenters. The van der Waals surface area contributed by atoms with Crippen LogP contribution in [0.3, 0.4) is 0 Å². The van der Waals surface area contributed by atoms with E-state index in [4.69, 9.17) is 4.74 Å². The molecule has 43 heavy (non-hydrogen) atoms. The first-order valence-electron chi connectivity index (χ1n) is 13.5. The van der Waals surface area contributed by atoms with Crippen LogP contribution in [0.1, 0.15) is 21.9 Å². The second-order valence-corrected chi connectivity index (χ2v) is 12.8. The third-order valence-electron chi connectivity index (χ3n) is 7.91. The van der Waals surface area contributed by atoms with Gasteiger partial charge >= 0.3 is 11.0 Å². The molecule has 9 nitrogen and oxygen atoms in total. The molecule has 0 saturated carbocycles. The van der Waals surface area contributed by atoms with E-state index in [9.17, 15) is 32.3 Å². The van der Waals surface area contributed by atoms with Gasteiger partial charge in [-0.15, -0.1) is 0 Å².